The fourth-order valence-corrected chi connectivity index (χ4v) is 4.19. The first-order valence-electron chi connectivity index (χ1n) is 8.36. The normalized spacial score (nSPS) is 15.5. The van der Waals surface area contributed by atoms with E-state index in [2.05, 4.69) is 20.4 Å². The van der Waals surface area contributed by atoms with Gasteiger partial charge in [-0.05, 0) is 49.2 Å². The lowest BCUT2D eigenvalue weighted by molar-refractivity contribution is -0.274. The minimum atomic E-state index is -4.82. The summed E-state index contributed by atoms with van der Waals surface area (Å²) in [6.45, 7) is 2.91. The van der Waals surface area contributed by atoms with Gasteiger partial charge in [0.25, 0.3) is 0 Å². The number of fused-ring (bicyclic) bond motifs is 1. The Kier molecular flexibility index (Phi) is 5.34. The first-order chi connectivity index (χ1) is 12.7. The molecule has 0 fully saturated rings. The van der Waals surface area contributed by atoms with E-state index in [1.807, 2.05) is 25.1 Å². The first kappa shape index (κ1) is 19.5. The van der Waals surface area contributed by atoms with Gasteiger partial charge in [-0.3, -0.25) is 0 Å². The average molecular weight is 400 g/mol. The van der Waals surface area contributed by atoms with Crippen LogP contribution in [0.25, 0.3) is 0 Å². The fourth-order valence-electron chi connectivity index (χ4n) is 3.07. The maximum absolute atomic E-state index is 12.4. The summed E-state index contributed by atoms with van der Waals surface area (Å²) in [4.78, 5) is 2.02. The largest absolute Gasteiger partial charge is 0.573 e. The molecule has 0 bridgehead atoms. The van der Waals surface area contributed by atoms with Crippen LogP contribution < -0.4 is 14.4 Å². The zero-order valence-corrected chi connectivity index (χ0v) is 15.3. The highest BCUT2D eigenvalue weighted by molar-refractivity contribution is 7.89. The van der Waals surface area contributed by atoms with Crippen molar-refractivity contribution in [3.05, 3.63) is 54.1 Å². The number of halogens is 3. The number of hydrogen-bond acceptors (Lipinski definition) is 4. The van der Waals surface area contributed by atoms with Gasteiger partial charge in [-0.2, -0.15) is 0 Å². The molecule has 0 saturated carbocycles. The molecule has 27 heavy (non-hydrogen) atoms. The number of rotatable bonds is 6. The number of nitrogens with one attached hydrogen (secondary N) is 1. The molecule has 0 aromatic heterocycles. The Morgan fingerprint density at radius 1 is 1.15 bits per heavy atom. The Morgan fingerprint density at radius 2 is 1.81 bits per heavy atom. The SMILES string of the molecule is CC(CNS(=O)(=O)c1ccc(OC(F)(F)F)cc1)N1CCc2ccccc21. The van der Waals surface area contributed by atoms with Crippen LogP contribution in [0.15, 0.2) is 53.4 Å². The summed E-state index contributed by atoms with van der Waals surface area (Å²) in [5.74, 6) is -0.469. The summed E-state index contributed by atoms with van der Waals surface area (Å²) in [5, 5.41) is 0. The van der Waals surface area contributed by atoms with Gasteiger partial charge >= 0.3 is 6.36 Å². The standard InChI is InChI=1S/C18H19F3N2O3S/c1-13(23-11-10-14-4-2-3-5-17(14)23)12-22-27(24,25)16-8-6-15(7-9-16)26-18(19,20)21/h2-9,13,22H,10-12H2,1H3. The zero-order chi connectivity index (χ0) is 19.7. The molecule has 1 heterocycles. The third kappa shape index (κ3) is 4.72. The minimum Gasteiger partial charge on any atom is -0.406 e. The number of para-hydroxylation sites is 1. The van der Waals surface area contributed by atoms with Crippen LogP contribution in [0.3, 0.4) is 0 Å². The van der Waals surface area contributed by atoms with Gasteiger partial charge in [-0.25, -0.2) is 13.1 Å². The molecule has 9 heteroatoms. The molecule has 3 rings (SSSR count). The van der Waals surface area contributed by atoms with E-state index in [9.17, 15) is 21.6 Å². The number of alkyl halides is 3. The second-order valence-corrected chi connectivity index (χ2v) is 8.06. The number of anilines is 1. The Morgan fingerprint density at radius 3 is 2.48 bits per heavy atom. The molecule has 1 aliphatic heterocycles. The van der Waals surface area contributed by atoms with Crippen LogP contribution in [-0.4, -0.2) is 33.9 Å². The van der Waals surface area contributed by atoms with Gasteiger partial charge in [0.1, 0.15) is 5.75 Å². The quantitative estimate of drug-likeness (QED) is 0.808. The second-order valence-electron chi connectivity index (χ2n) is 6.29. The van der Waals surface area contributed by atoms with Crippen LogP contribution in [0, 0.1) is 0 Å². The van der Waals surface area contributed by atoms with E-state index in [4.69, 9.17) is 0 Å². The Hall–Kier alpha value is -2.26. The zero-order valence-electron chi connectivity index (χ0n) is 14.5. The van der Waals surface area contributed by atoms with Crippen LogP contribution in [-0.2, 0) is 16.4 Å². The van der Waals surface area contributed by atoms with E-state index >= 15 is 0 Å². The molecule has 1 aliphatic rings. The van der Waals surface area contributed by atoms with E-state index in [-0.39, 0.29) is 17.5 Å². The predicted octanol–water partition coefficient (Wildman–Crippen LogP) is 3.31. The maximum Gasteiger partial charge on any atom is 0.573 e. The summed E-state index contributed by atoms with van der Waals surface area (Å²) in [5.41, 5.74) is 2.32. The molecule has 0 saturated heterocycles. The number of sulfonamides is 1. The molecule has 0 spiro atoms. The second kappa shape index (κ2) is 7.40. The number of hydrogen-bond donors (Lipinski definition) is 1. The van der Waals surface area contributed by atoms with Gasteiger partial charge < -0.3 is 9.64 Å². The monoisotopic (exact) mass is 400 g/mol. The molecule has 0 amide bonds. The van der Waals surface area contributed by atoms with Gasteiger partial charge in [0.05, 0.1) is 4.90 Å². The van der Waals surface area contributed by atoms with Crippen molar-refractivity contribution in [1.82, 2.24) is 4.72 Å². The van der Waals surface area contributed by atoms with Crippen LogP contribution in [0.2, 0.25) is 0 Å². The fraction of sp³-hybridized carbons (Fsp3) is 0.333. The van der Waals surface area contributed by atoms with Crippen molar-refractivity contribution in [3.8, 4) is 5.75 Å². The van der Waals surface area contributed by atoms with Gasteiger partial charge in [0, 0.05) is 24.8 Å². The lowest BCUT2D eigenvalue weighted by atomic mass is 10.2. The van der Waals surface area contributed by atoms with Crippen molar-refractivity contribution >= 4 is 15.7 Å². The maximum atomic E-state index is 12.4. The predicted molar refractivity (Wildman–Crippen MR) is 95.3 cm³/mol. The summed E-state index contributed by atoms with van der Waals surface area (Å²) >= 11 is 0. The van der Waals surface area contributed by atoms with E-state index in [0.29, 0.717) is 0 Å². The molecular formula is C18H19F3N2O3S. The lowest BCUT2D eigenvalue weighted by Gasteiger charge is -2.27. The van der Waals surface area contributed by atoms with Gasteiger partial charge in [0.2, 0.25) is 10.0 Å². The Labute approximate surface area is 155 Å². The third-order valence-electron chi connectivity index (χ3n) is 4.39. The van der Waals surface area contributed by atoms with Crippen molar-refractivity contribution in [2.24, 2.45) is 0 Å². The summed E-state index contributed by atoms with van der Waals surface area (Å²) < 4.78 is 67.6. The summed E-state index contributed by atoms with van der Waals surface area (Å²) in [6.07, 6.45) is -3.91. The van der Waals surface area contributed by atoms with Crippen LogP contribution in [0.1, 0.15) is 12.5 Å². The van der Waals surface area contributed by atoms with Crippen molar-refractivity contribution in [1.29, 1.82) is 0 Å². The molecule has 5 nitrogen and oxygen atoms in total. The van der Waals surface area contributed by atoms with E-state index in [1.165, 1.54) is 5.56 Å². The number of benzene rings is 2. The topological polar surface area (TPSA) is 58.6 Å². The van der Waals surface area contributed by atoms with Crippen molar-refractivity contribution in [3.63, 3.8) is 0 Å². The van der Waals surface area contributed by atoms with Crippen LogP contribution in [0.4, 0.5) is 18.9 Å². The highest BCUT2D eigenvalue weighted by atomic mass is 32.2. The molecule has 0 radical (unpaired) electrons. The minimum absolute atomic E-state index is 0.0729. The van der Waals surface area contributed by atoms with Crippen molar-refractivity contribution in [2.75, 3.05) is 18.0 Å². The third-order valence-corrected chi connectivity index (χ3v) is 5.83. The average Bonchev–Trinajstić information content (AvgIpc) is 3.03. The molecule has 1 unspecified atom stereocenters. The summed E-state index contributed by atoms with van der Waals surface area (Å²) in [6, 6.07) is 12.0. The van der Waals surface area contributed by atoms with E-state index in [1.54, 1.807) is 0 Å². The van der Waals surface area contributed by atoms with Crippen LogP contribution >= 0.6 is 0 Å². The summed E-state index contributed by atoms with van der Waals surface area (Å²) in [7, 11) is -3.84. The lowest BCUT2D eigenvalue weighted by Crippen LogP contribution is -2.41. The van der Waals surface area contributed by atoms with Crippen molar-refractivity contribution < 1.29 is 26.3 Å². The van der Waals surface area contributed by atoms with Crippen molar-refractivity contribution in [2.45, 2.75) is 30.6 Å². The van der Waals surface area contributed by atoms with Gasteiger partial charge in [0.15, 0.2) is 0 Å². The van der Waals surface area contributed by atoms with Gasteiger partial charge in [-0.15, -0.1) is 13.2 Å². The number of ether oxygens (including phenoxy) is 1. The molecule has 146 valence electrons. The van der Waals surface area contributed by atoms with Gasteiger partial charge in [-0.1, -0.05) is 18.2 Å². The van der Waals surface area contributed by atoms with E-state index < -0.39 is 22.1 Å². The van der Waals surface area contributed by atoms with Crippen LogP contribution in [0.5, 0.6) is 5.75 Å². The smallest absolute Gasteiger partial charge is 0.406 e. The Balaban J connectivity index is 1.63. The Bertz CT molecular complexity index is 899. The molecule has 0 aliphatic carbocycles. The highest BCUT2D eigenvalue weighted by Gasteiger charge is 2.31. The molecule has 1 N–H and O–H groups in total. The molecule has 1 atom stereocenters. The molecular weight excluding hydrogens is 381 g/mol. The molecule has 2 aromatic rings. The van der Waals surface area contributed by atoms with E-state index in [0.717, 1.165) is 42.9 Å². The number of nitrogens with zero attached hydrogens (tertiary/aromatic N) is 1. The molecule has 2 aromatic carbocycles. The first-order valence-corrected chi connectivity index (χ1v) is 9.84. The highest BCUT2D eigenvalue weighted by Crippen LogP contribution is 2.29.